The molecule has 2 heterocycles. The van der Waals surface area contributed by atoms with Gasteiger partial charge >= 0.3 is 6.09 Å². The summed E-state index contributed by atoms with van der Waals surface area (Å²) >= 11 is 1.31. The van der Waals surface area contributed by atoms with Gasteiger partial charge in [-0.05, 0) is 30.9 Å². The standard InChI is InChI=1S/C19H24N4O4S/c1-26-10-13-5-7-23(8-6-13)15-4-2-3-14(9-15)16-12-28-19(21-16)22-17(24)11-27-18(20)25/h2-4,9,12-13H,5-8,10-11H2,1H3,(H2,20,25)(H,21,22,24). The number of nitrogens with zero attached hydrogens (tertiary/aromatic N) is 2. The normalized spacial score (nSPS) is 14.7. The summed E-state index contributed by atoms with van der Waals surface area (Å²) in [5.41, 5.74) is 7.79. The molecule has 2 amide bonds. The molecule has 0 saturated carbocycles. The van der Waals surface area contributed by atoms with Crippen molar-refractivity contribution in [2.75, 3.05) is 43.6 Å². The van der Waals surface area contributed by atoms with Gasteiger partial charge in [-0.1, -0.05) is 12.1 Å². The lowest BCUT2D eigenvalue weighted by Crippen LogP contribution is -2.34. The number of rotatable bonds is 7. The lowest BCUT2D eigenvalue weighted by atomic mass is 9.97. The topological polar surface area (TPSA) is 107 Å². The van der Waals surface area contributed by atoms with Crippen molar-refractivity contribution in [3.63, 3.8) is 0 Å². The number of amides is 2. The lowest BCUT2D eigenvalue weighted by Gasteiger charge is -2.33. The fourth-order valence-electron chi connectivity index (χ4n) is 3.21. The molecule has 1 fully saturated rings. The van der Waals surface area contributed by atoms with E-state index >= 15 is 0 Å². The maximum absolute atomic E-state index is 11.7. The fraction of sp³-hybridized carbons (Fsp3) is 0.421. The number of thiazole rings is 1. The van der Waals surface area contributed by atoms with Crippen LogP contribution in [-0.2, 0) is 14.3 Å². The second-order valence-electron chi connectivity index (χ2n) is 6.63. The maximum atomic E-state index is 11.7. The van der Waals surface area contributed by atoms with Gasteiger partial charge in [0.15, 0.2) is 11.7 Å². The molecule has 150 valence electrons. The van der Waals surface area contributed by atoms with Crippen molar-refractivity contribution in [2.24, 2.45) is 11.7 Å². The molecule has 0 spiro atoms. The van der Waals surface area contributed by atoms with Crippen LogP contribution in [0, 0.1) is 5.92 Å². The minimum Gasteiger partial charge on any atom is -0.440 e. The number of primary amides is 1. The number of hydrogen-bond donors (Lipinski definition) is 2. The van der Waals surface area contributed by atoms with Crippen LogP contribution in [0.2, 0.25) is 0 Å². The van der Waals surface area contributed by atoms with E-state index in [0.29, 0.717) is 11.0 Å². The Hall–Kier alpha value is -2.65. The van der Waals surface area contributed by atoms with E-state index in [2.05, 4.69) is 32.1 Å². The van der Waals surface area contributed by atoms with E-state index in [1.165, 1.54) is 17.0 Å². The molecule has 2 aromatic rings. The van der Waals surface area contributed by atoms with Gasteiger partial charge in [-0.25, -0.2) is 9.78 Å². The summed E-state index contributed by atoms with van der Waals surface area (Å²) in [5, 5.41) is 4.92. The highest BCUT2D eigenvalue weighted by Gasteiger charge is 2.19. The van der Waals surface area contributed by atoms with Crippen LogP contribution in [0.3, 0.4) is 0 Å². The monoisotopic (exact) mass is 404 g/mol. The number of anilines is 2. The van der Waals surface area contributed by atoms with Gasteiger partial charge in [-0.3, -0.25) is 10.1 Å². The minimum absolute atomic E-state index is 0.432. The maximum Gasteiger partial charge on any atom is 0.405 e. The van der Waals surface area contributed by atoms with Gasteiger partial charge in [-0.15, -0.1) is 11.3 Å². The van der Waals surface area contributed by atoms with Gasteiger partial charge in [0.2, 0.25) is 0 Å². The van der Waals surface area contributed by atoms with E-state index < -0.39 is 18.6 Å². The Kier molecular flexibility index (Phi) is 6.83. The molecule has 3 N–H and O–H groups in total. The third-order valence-electron chi connectivity index (χ3n) is 4.62. The summed E-state index contributed by atoms with van der Waals surface area (Å²) < 4.78 is 9.73. The zero-order chi connectivity index (χ0) is 19.9. The molecule has 1 aromatic carbocycles. The number of methoxy groups -OCH3 is 1. The molecule has 0 bridgehead atoms. The highest BCUT2D eigenvalue weighted by Crippen LogP contribution is 2.30. The number of hydrogen-bond acceptors (Lipinski definition) is 7. The first-order valence-corrected chi connectivity index (χ1v) is 9.95. The summed E-state index contributed by atoms with van der Waals surface area (Å²) in [7, 11) is 1.76. The number of nitrogens with two attached hydrogens (primary N) is 1. The summed E-state index contributed by atoms with van der Waals surface area (Å²) in [6.07, 6.45) is 1.26. The molecular weight excluding hydrogens is 380 g/mol. The van der Waals surface area contributed by atoms with Crippen LogP contribution in [0.1, 0.15) is 12.8 Å². The molecule has 28 heavy (non-hydrogen) atoms. The number of carbonyl (C=O) groups is 2. The molecule has 3 rings (SSSR count). The van der Waals surface area contributed by atoms with Gasteiger partial charge < -0.3 is 20.1 Å². The van der Waals surface area contributed by atoms with Crippen LogP contribution in [0.15, 0.2) is 29.6 Å². The number of piperidine rings is 1. The van der Waals surface area contributed by atoms with E-state index in [9.17, 15) is 9.59 Å². The quantitative estimate of drug-likeness (QED) is 0.735. The largest absolute Gasteiger partial charge is 0.440 e. The second-order valence-corrected chi connectivity index (χ2v) is 7.49. The molecule has 9 heteroatoms. The Bertz CT molecular complexity index is 818. The number of ether oxygens (including phenoxy) is 2. The number of benzene rings is 1. The Balaban J connectivity index is 1.62. The molecule has 1 aliphatic rings. The average Bonchev–Trinajstić information content (AvgIpc) is 3.16. The van der Waals surface area contributed by atoms with E-state index in [0.717, 1.165) is 43.8 Å². The molecule has 0 aliphatic carbocycles. The predicted molar refractivity (Wildman–Crippen MR) is 109 cm³/mol. The van der Waals surface area contributed by atoms with E-state index in [-0.39, 0.29) is 0 Å². The molecule has 1 aliphatic heterocycles. The zero-order valence-corrected chi connectivity index (χ0v) is 16.5. The summed E-state index contributed by atoms with van der Waals surface area (Å²) in [6.45, 7) is 2.41. The predicted octanol–water partition coefficient (Wildman–Crippen LogP) is 2.71. The molecule has 0 unspecified atom stereocenters. The highest BCUT2D eigenvalue weighted by atomic mass is 32.1. The van der Waals surface area contributed by atoms with Crippen molar-refractivity contribution in [3.8, 4) is 11.3 Å². The Labute approximate surface area is 167 Å². The van der Waals surface area contributed by atoms with Crippen LogP contribution in [0.4, 0.5) is 15.6 Å². The van der Waals surface area contributed by atoms with Crippen LogP contribution in [0.25, 0.3) is 11.3 Å². The van der Waals surface area contributed by atoms with Crippen molar-refractivity contribution in [1.82, 2.24) is 4.98 Å². The zero-order valence-electron chi connectivity index (χ0n) is 15.7. The second kappa shape index (κ2) is 9.52. The highest BCUT2D eigenvalue weighted by molar-refractivity contribution is 7.14. The van der Waals surface area contributed by atoms with Gasteiger partial charge in [-0.2, -0.15) is 0 Å². The summed E-state index contributed by atoms with van der Waals surface area (Å²) in [6, 6.07) is 8.24. The Morgan fingerprint density at radius 1 is 1.36 bits per heavy atom. The van der Waals surface area contributed by atoms with E-state index in [1.807, 2.05) is 17.5 Å². The third kappa shape index (κ3) is 5.43. The summed E-state index contributed by atoms with van der Waals surface area (Å²) in [4.78, 5) is 29.1. The first-order chi connectivity index (χ1) is 13.5. The molecular formula is C19H24N4O4S. The molecule has 0 atom stereocenters. The van der Waals surface area contributed by atoms with Crippen LogP contribution >= 0.6 is 11.3 Å². The average molecular weight is 404 g/mol. The molecule has 1 aromatic heterocycles. The van der Waals surface area contributed by atoms with Crippen molar-refractivity contribution in [3.05, 3.63) is 29.6 Å². The third-order valence-corrected chi connectivity index (χ3v) is 5.38. The summed E-state index contributed by atoms with van der Waals surface area (Å²) in [5.74, 6) is 0.153. The fourth-order valence-corrected chi connectivity index (χ4v) is 3.95. The van der Waals surface area contributed by atoms with Gasteiger partial charge in [0.1, 0.15) is 0 Å². The Morgan fingerprint density at radius 3 is 2.86 bits per heavy atom. The van der Waals surface area contributed by atoms with Crippen molar-refractivity contribution < 1.29 is 19.1 Å². The van der Waals surface area contributed by atoms with Crippen molar-refractivity contribution in [1.29, 1.82) is 0 Å². The number of nitrogens with one attached hydrogen (secondary N) is 1. The molecule has 8 nitrogen and oxygen atoms in total. The first kappa shape index (κ1) is 20.1. The van der Waals surface area contributed by atoms with Crippen LogP contribution < -0.4 is 16.0 Å². The van der Waals surface area contributed by atoms with Gasteiger partial charge in [0.25, 0.3) is 5.91 Å². The van der Waals surface area contributed by atoms with Crippen LogP contribution in [-0.4, -0.2) is 50.4 Å². The first-order valence-electron chi connectivity index (χ1n) is 9.07. The van der Waals surface area contributed by atoms with Gasteiger partial charge in [0, 0.05) is 43.4 Å². The van der Waals surface area contributed by atoms with E-state index in [4.69, 9.17) is 10.5 Å². The lowest BCUT2D eigenvalue weighted by molar-refractivity contribution is -0.118. The SMILES string of the molecule is COCC1CCN(c2cccc(-c3csc(NC(=O)COC(N)=O)n3)c2)CC1. The smallest absolute Gasteiger partial charge is 0.405 e. The number of aromatic nitrogens is 1. The van der Waals surface area contributed by atoms with E-state index in [1.54, 1.807) is 7.11 Å². The minimum atomic E-state index is -0.988. The van der Waals surface area contributed by atoms with Crippen molar-refractivity contribution >= 4 is 34.2 Å². The number of carbonyl (C=O) groups excluding carboxylic acids is 2. The van der Waals surface area contributed by atoms with Crippen molar-refractivity contribution in [2.45, 2.75) is 12.8 Å². The Morgan fingerprint density at radius 2 is 2.14 bits per heavy atom. The van der Waals surface area contributed by atoms with Crippen LogP contribution in [0.5, 0.6) is 0 Å². The molecule has 1 saturated heterocycles. The molecule has 0 radical (unpaired) electrons. The van der Waals surface area contributed by atoms with Gasteiger partial charge in [0.05, 0.1) is 5.69 Å².